The molecule has 64 valence electrons. The largest absolute Gasteiger partial charge is 1.00 e. The topological polar surface area (TPSA) is 40.1 Å². The predicted octanol–water partition coefficient (Wildman–Crippen LogP) is 0.689. The van der Waals surface area contributed by atoms with E-state index in [0.29, 0.717) is 0 Å². The molecular weight excluding hydrogens is 292 g/mol. The van der Waals surface area contributed by atoms with E-state index in [1.165, 1.54) is 0 Å². The maximum absolute atomic E-state index is 9.84. The van der Waals surface area contributed by atoms with Crippen LogP contribution < -0.4 is 5.11 Å². The molecule has 0 saturated carbocycles. The van der Waals surface area contributed by atoms with E-state index >= 15 is 0 Å². The summed E-state index contributed by atoms with van der Waals surface area (Å²) in [5, 5.41) is 10.8. The SMILES string of the molecule is O=C([O-])CCCCCBr.[Ag+]. The van der Waals surface area contributed by atoms with Gasteiger partial charge in [-0.3, -0.25) is 0 Å². The van der Waals surface area contributed by atoms with Gasteiger partial charge in [0.15, 0.2) is 0 Å². The number of rotatable bonds is 5. The summed E-state index contributed by atoms with van der Waals surface area (Å²) in [4.78, 5) is 9.84. The molecule has 0 aliphatic heterocycles. The molecule has 0 aromatic heterocycles. The van der Waals surface area contributed by atoms with Gasteiger partial charge in [0.1, 0.15) is 0 Å². The molecule has 0 aromatic rings. The fourth-order valence-electron chi connectivity index (χ4n) is 0.541. The molecule has 0 saturated heterocycles. The average molecular weight is 302 g/mol. The first-order valence-electron chi connectivity index (χ1n) is 3.03. The fraction of sp³-hybridized carbons (Fsp3) is 0.833. The molecule has 0 N–H and O–H groups in total. The molecule has 0 aromatic carbocycles. The molecule has 4 heteroatoms. The van der Waals surface area contributed by atoms with E-state index in [0.717, 1.165) is 24.6 Å². The van der Waals surface area contributed by atoms with Crippen LogP contribution in [0.4, 0.5) is 0 Å². The molecule has 0 radical (unpaired) electrons. The second-order valence-electron chi connectivity index (χ2n) is 1.87. The Morgan fingerprint density at radius 3 is 2.30 bits per heavy atom. The zero-order chi connectivity index (χ0) is 7.11. The third kappa shape index (κ3) is 11.5. The van der Waals surface area contributed by atoms with Crippen molar-refractivity contribution >= 4 is 21.9 Å². The standard InChI is InChI=1S/C6H11BrO2.Ag/c7-5-3-1-2-4-6(8)9;/h1-5H2,(H,8,9);/q;+1/p-1. The van der Waals surface area contributed by atoms with Crippen molar-refractivity contribution < 1.29 is 32.3 Å². The van der Waals surface area contributed by atoms with Gasteiger partial charge in [-0.1, -0.05) is 22.4 Å². The summed E-state index contributed by atoms with van der Waals surface area (Å²) in [6, 6.07) is 0. The number of carbonyl (C=O) groups excluding carboxylic acids is 1. The first kappa shape index (κ1) is 13.3. The molecular formula is C6H10AgBrO2. The zero-order valence-corrected chi connectivity index (χ0v) is 8.60. The third-order valence-corrected chi connectivity index (χ3v) is 1.58. The Kier molecular flexibility index (Phi) is 12.9. The molecule has 0 atom stereocenters. The van der Waals surface area contributed by atoms with E-state index < -0.39 is 5.97 Å². The van der Waals surface area contributed by atoms with Crippen molar-refractivity contribution in [3.63, 3.8) is 0 Å². The van der Waals surface area contributed by atoms with Gasteiger partial charge in [-0.15, -0.1) is 0 Å². The Hall–Kier alpha value is 0.690. The zero-order valence-electron chi connectivity index (χ0n) is 5.53. The van der Waals surface area contributed by atoms with E-state index in [1.54, 1.807) is 0 Å². The number of carboxylic acids is 1. The quantitative estimate of drug-likeness (QED) is 0.426. The summed E-state index contributed by atoms with van der Waals surface area (Å²) >= 11 is 3.25. The minimum Gasteiger partial charge on any atom is -0.550 e. The number of hydrogen-bond acceptors (Lipinski definition) is 2. The number of aliphatic carboxylic acids is 1. The normalized spacial score (nSPS) is 8.50. The molecule has 0 rings (SSSR count). The van der Waals surface area contributed by atoms with E-state index in [4.69, 9.17) is 0 Å². The summed E-state index contributed by atoms with van der Waals surface area (Å²) in [7, 11) is 0. The van der Waals surface area contributed by atoms with Crippen LogP contribution in [-0.4, -0.2) is 11.3 Å². The van der Waals surface area contributed by atoms with Crippen LogP contribution >= 0.6 is 15.9 Å². The van der Waals surface area contributed by atoms with Gasteiger partial charge in [-0.2, -0.15) is 0 Å². The Morgan fingerprint density at radius 2 is 1.90 bits per heavy atom. The first-order chi connectivity index (χ1) is 4.27. The van der Waals surface area contributed by atoms with Gasteiger partial charge in [0.05, 0.1) is 0 Å². The Morgan fingerprint density at radius 1 is 1.30 bits per heavy atom. The molecule has 0 amide bonds. The van der Waals surface area contributed by atoms with Crippen LogP contribution in [0, 0.1) is 0 Å². The van der Waals surface area contributed by atoms with Crippen LogP contribution in [0.1, 0.15) is 25.7 Å². The summed E-state index contributed by atoms with van der Waals surface area (Å²) in [5.74, 6) is -0.940. The number of halogens is 1. The van der Waals surface area contributed by atoms with Crippen molar-refractivity contribution in [2.75, 3.05) is 5.33 Å². The molecule has 0 aliphatic rings. The minimum atomic E-state index is -0.940. The van der Waals surface area contributed by atoms with Crippen molar-refractivity contribution in [2.24, 2.45) is 0 Å². The summed E-state index contributed by atoms with van der Waals surface area (Å²) in [6.45, 7) is 0. The average Bonchev–Trinajstić information content (AvgIpc) is 1.80. The summed E-state index contributed by atoms with van der Waals surface area (Å²) in [5.41, 5.74) is 0. The van der Waals surface area contributed by atoms with Gasteiger partial charge in [-0.25, -0.2) is 0 Å². The Labute approximate surface area is 85.0 Å². The van der Waals surface area contributed by atoms with Crippen LogP contribution in [0.15, 0.2) is 0 Å². The first-order valence-corrected chi connectivity index (χ1v) is 4.15. The van der Waals surface area contributed by atoms with E-state index in [-0.39, 0.29) is 28.8 Å². The van der Waals surface area contributed by atoms with E-state index in [9.17, 15) is 9.90 Å². The van der Waals surface area contributed by atoms with Crippen LogP contribution in [0.3, 0.4) is 0 Å². The molecule has 0 fully saturated rings. The van der Waals surface area contributed by atoms with Crippen LogP contribution in [0.2, 0.25) is 0 Å². The Balaban J connectivity index is 0. The fourth-order valence-corrected chi connectivity index (χ4v) is 0.937. The molecule has 10 heavy (non-hydrogen) atoms. The van der Waals surface area contributed by atoms with Crippen molar-refractivity contribution in [3.8, 4) is 0 Å². The maximum Gasteiger partial charge on any atom is 1.00 e. The van der Waals surface area contributed by atoms with Crippen LogP contribution in [0.5, 0.6) is 0 Å². The van der Waals surface area contributed by atoms with Gasteiger partial charge in [0.2, 0.25) is 0 Å². The number of carbonyl (C=O) groups is 1. The smallest absolute Gasteiger partial charge is 0.550 e. The molecule has 0 bridgehead atoms. The third-order valence-electron chi connectivity index (χ3n) is 1.01. The number of unbranched alkanes of at least 4 members (excludes halogenated alkanes) is 2. The summed E-state index contributed by atoms with van der Waals surface area (Å²) < 4.78 is 0. The van der Waals surface area contributed by atoms with Crippen LogP contribution in [0.25, 0.3) is 0 Å². The minimum absolute atomic E-state index is 0. The maximum atomic E-state index is 9.84. The van der Waals surface area contributed by atoms with Gasteiger partial charge in [0, 0.05) is 11.3 Å². The van der Waals surface area contributed by atoms with Crippen molar-refractivity contribution in [1.82, 2.24) is 0 Å². The number of alkyl halides is 1. The van der Waals surface area contributed by atoms with Gasteiger partial charge in [0.25, 0.3) is 0 Å². The van der Waals surface area contributed by atoms with Crippen LogP contribution in [-0.2, 0) is 27.2 Å². The van der Waals surface area contributed by atoms with Gasteiger partial charge >= 0.3 is 22.4 Å². The monoisotopic (exact) mass is 300 g/mol. The van der Waals surface area contributed by atoms with Crippen molar-refractivity contribution in [2.45, 2.75) is 25.7 Å². The van der Waals surface area contributed by atoms with Gasteiger partial charge < -0.3 is 9.90 Å². The van der Waals surface area contributed by atoms with Crippen molar-refractivity contribution in [1.29, 1.82) is 0 Å². The second kappa shape index (κ2) is 9.69. The van der Waals surface area contributed by atoms with E-state index in [2.05, 4.69) is 15.9 Å². The molecule has 0 unspecified atom stereocenters. The molecule has 0 heterocycles. The number of carboxylic acid groups (broad SMARTS) is 1. The second-order valence-corrected chi connectivity index (χ2v) is 2.66. The molecule has 0 aliphatic carbocycles. The van der Waals surface area contributed by atoms with Crippen molar-refractivity contribution in [3.05, 3.63) is 0 Å². The predicted molar refractivity (Wildman–Crippen MR) is 37.3 cm³/mol. The van der Waals surface area contributed by atoms with Gasteiger partial charge in [-0.05, 0) is 19.3 Å². The molecule has 2 nitrogen and oxygen atoms in total. The Bertz CT molecular complexity index is 87.8. The summed E-state index contributed by atoms with van der Waals surface area (Å²) in [6.07, 6.45) is 2.97. The van der Waals surface area contributed by atoms with E-state index in [1.807, 2.05) is 0 Å². The number of hydrogen-bond donors (Lipinski definition) is 0. The molecule has 0 spiro atoms.